The van der Waals surface area contributed by atoms with Crippen molar-refractivity contribution < 1.29 is 13.5 Å². The van der Waals surface area contributed by atoms with E-state index in [2.05, 4.69) is 15.2 Å². The molecule has 0 radical (unpaired) electrons. The van der Waals surface area contributed by atoms with Gasteiger partial charge in [-0.1, -0.05) is 0 Å². The van der Waals surface area contributed by atoms with Crippen molar-refractivity contribution in [2.45, 2.75) is 38.0 Å². The Labute approximate surface area is 140 Å². The van der Waals surface area contributed by atoms with E-state index in [4.69, 9.17) is 9.15 Å². The lowest BCUT2D eigenvalue weighted by Crippen LogP contribution is -2.33. The highest BCUT2D eigenvalue weighted by molar-refractivity contribution is 5.37. The summed E-state index contributed by atoms with van der Waals surface area (Å²) in [6, 6.07) is 7.14. The van der Waals surface area contributed by atoms with E-state index in [0.717, 1.165) is 44.0 Å². The van der Waals surface area contributed by atoms with Gasteiger partial charge in [0.05, 0.1) is 24.8 Å². The molecular weight excluding hydrogens is 309 g/mol. The second-order valence-corrected chi connectivity index (χ2v) is 6.85. The lowest BCUT2D eigenvalue weighted by molar-refractivity contribution is 0.0115. The summed E-state index contributed by atoms with van der Waals surface area (Å²) in [4.78, 5) is 6.43. The molecule has 2 aliphatic rings. The first kappa shape index (κ1) is 15.6. The molecule has 2 aromatic heterocycles. The Hall–Kier alpha value is -1.92. The van der Waals surface area contributed by atoms with E-state index in [0.29, 0.717) is 12.4 Å². The van der Waals surface area contributed by atoms with Crippen molar-refractivity contribution in [3.8, 4) is 0 Å². The molecule has 24 heavy (non-hydrogen) atoms. The molecule has 0 aromatic carbocycles. The molecule has 2 atom stereocenters. The van der Waals surface area contributed by atoms with Gasteiger partial charge >= 0.3 is 0 Å². The summed E-state index contributed by atoms with van der Waals surface area (Å²) in [6.45, 7) is 5.23. The molecule has 0 saturated carbocycles. The second kappa shape index (κ2) is 6.18. The number of hydrogen-bond acceptors (Lipinski definition) is 5. The van der Waals surface area contributed by atoms with E-state index in [-0.39, 0.29) is 17.5 Å². The molecule has 2 saturated heterocycles. The van der Waals surface area contributed by atoms with E-state index in [1.54, 1.807) is 12.3 Å². The summed E-state index contributed by atoms with van der Waals surface area (Å²) in [5, 5.41) is 3.18. The van der Waals surface area contributed by atoms with Gasteiger partial charge in [-0.3, -0.25) is 4.90 Å². The molecule has 2 fully saturated rings. The zero-order valence-corrected chi connectivity index (χ0v) is 13.8. The van der Waals surface area contributed by atoms with Crippen molar-refractivity contribution in [3.05, 3.63) is 47.8 Å². The van der Waals surface area contributed by atoms with Crippen LogP contribution in [0.4, 0.5) is 10.2 Å². The lowest BCUT2D eigenvalue weighted by atomic mass is 9.97. The minimum Gasteiger partial charge on any atom is -0.465 e. The summed E-state index contributed by atoms with van der Waals surface area (Å²) in [5.41, 5.74) is -0.134. The van der Waals surface area contributed by atoms with Crippen LogP contribution < -0.4 is 5.32 Å². The minimum atomic E-state index is -0.320. The number of nitrogens with one attached hydrogen (secondary N) is 1. The monoisotopic (exact) mass is 331 g/mol. The molecule has 4 rings (SSSR count). The van der Waals surface area contributed by atoms with Crippen LogP contribution in [0.15, 0.2) is 34.9 Å². The molecule has 0 unspecified atom stereocenters. The first-order valence-corrected chi connectivity index (χ1v) is 8.41. The van der Waals surface area contributed by atoms with Crippen LogP contribution in [0.3, 0.4) is 0 Å². The zero-order chi connectivity index (χ0) is 16.6. The van der Waals surface area contributed by atoms with Crippen molar-refractivity contribution in [2.24, 2.45) is 0 Å². The van der Waals surface area contributed by atoms with Crippen LogP contribution in [0.1, 0.15) is 24.4 Å². The maximum absolute atomic E-state index is 13.7. The number of furan rings is 1. The molecule has 2 aromatic rings. The molecule has 128 valence electrons. The van der Waals surface area contributed by atoms with Crippen LogP contribution in [0.25, 0.3) is 0 Å². The number of likely N-dealkylation sites (tertiary alicyclic amines) is 1. The SMILES string of the molecule is Cc1ccc(CN2CC[C@]3(C[C@@H](Nc4ncccc4F)CO3)C2)o1. The summed E-state index contributed by atoms with van der Waals surface area (Å²) in [5.74, 6) is 1.93. The van der Waals surface area contributed by atoms with Gasteiger partial charge in [-0.05, 0) is 37.6 Å². The maximum atomic E-state index is 13.7. The van der Waals surface area contributed by atoms with Crippen molar-refractivity contribution in [2.75, 3.05) is 25.0 Å². The normalized spacial score (nSPS) is 27.2. The molecule has 0 aliphatic carbocycles. The highest BCUT2D eigenvalue weighted by atomic mass is 19.1. The fourth-order valence-corrected chi connectivity index (χ4v) is 3.76. The molecule has 5 nitrogen and oxygen atoms in total. The Kier molecular flexibility index (Phi) is 4.02. The fourth-order valence-electron chi connectivity index (χ4n) is 3.76. The van der Waals surface area contributed by atoms with Gasteiger partial charge in [0.1, 0.15) is 11.5 Å². The summed E-state index contributed by atoms with van der Waals surface area (Å²) in [7, 11) is 0. The molecule has 4 heterocycles. The third kappa shape index (κ3) is 3.16. The predicted molar refractivity (Wildman–Crippen MR) is 88.2 cm³/mol. The number of ether oxygens (including phenoxy) is 1. The maximum Gasteiger partial charge on any atom is 0.165 e. The minimum absolute atomic E-state index is 0.0974. The summed E-state index contributed by atoms with van der Waals surface area (Å²) < 4.78 is 25.5. The number of aryl methyl sites for hydroxylation is 1. The van der Waals surface area contributed by atoms with E-state index in [1.807, 2.05) is 19.1 Å². The Morgan fingerprint density at radius 2 is 2.33 bits per heavy atom. The second-order valence-electron chi connectivity index (χ2n) is 6.85. The first-order chi connectivity index (χ1) is 11.6. The van der Waals surface area contributed by atoms with Crippen LogP contribution in [-0.2, 0) is 11.3 Å². The number of aromatic nitrogens is 1. The van der Waals surface area contributed by atoms with E-state index in [1.165, 1.54) is 6.07 Å². The van der Waals surface area contributed by atoms with Gasteiger partial charge in [-0.15, -0.1) is 0 Å². The Morgan fingerprint density at radius 1 is 1.42 bits per heavy atom. The number of nitrogens with zero attached hydrogens (tertiary/aromatic N) is 2. The number of rotatable bonds is 4. The largest absolute Gasteiger partial charge is 0.465 e. The molecule has 6 heteroatoms. The highest BCUT2D eigenvalue weighted by Crippen LogP contribution is 2.36. The first-order valence-electron chi connectivity index (χ1n) is 8.41. The number of anilines is 1. The standard InChI is InChI=1S/C18H22FN3O2/c1-13-4-5-15(24-13)10-22-8-6-18(12-22)9-14(11-23-18)21-17-16(19)3-2-7-20-17/h2-5,7,14H,6,8-12H2,1H3,(H,20,21)/t14-,18+/m1/s1. The Balaban J connectivity index is 1.35. The van der Waals surface area contributed by atoms with Crippen molar-refractivity contribution in [1.82, 2.24) is 9.88 Å². The van der Waals surface area contributed by atoms with Gasteiger partial charge in [0.25, 0.3) is 0 Å². The van der Waals surface area contributed by atoms with Gasteiger partial charge in [0.2, 0.25) is 0 Å². The summed E-state index contributed by atoms with van der Waals surface area (Å²) >= 11 is 0. The third-order valence-corrected chi connectivity index (χ3v) is 4.88. The van der Waals surface area contributed by atoms with Crippen LogP contribution in [0.5, 0.6) is 0 Å². The summed E-state index contributed by atoms with van der Waals surface area (Å²) in [6.07, 6.45) is 3.46. The zero-order valence-electron chi connectivity index (χ0n) is 13.8. The highest BCUT2D eigenvalue weighted by Gasteiger charge is 2.45. The van der Waals surface area contributed by atoms with Gasteiger partial charge < -0.3 is 14.5 Å². The Bertz CT molecular complexity index is 720. The van der Waals surface area contributed by atoms with Gasteiger partial charge in [0.15, 0.2) is 11.6 Å². The molecule has 0 amide bonds. The van der Waals surface area contributed by atoms with Gasteiger partial charge in [-0.2, -0.15) is 0 Å². The van der Waals surface area contributed by atoms with Gasteiger partial charge in [-0.25, -0.2) is 9.37 Å². The Morgan fingerprint density at radius 3 is 3.12 bits per heavy atom. The molecule has 2 aliphatic heterocycles. The topological polar surface area (TPSA) is 50.5 Å². The number of halogens is 1. The smallest absolute Gasteiger partial charge is 0.165 e. The third-order valence-electron chi connectivity index (χ3n) is 4.88. The van der Waals surface area contributed by atoms with Crippen molar-refractivity contribution in [3.63, 3.8) is 0 Å². The van der Waals surface area contributed by atoms with E-state index < -0.39 is 0 Å². The van der Waals surface area contributed by atoms with E-state index >= 15 is 0 Å². The van der Waals surface area contributed by atoms with Crippen LogP contribution in [0, 0.1) is 12.7 Å². The fraction of sp³-hybridized carbons (Fsp3) is 0.500. The number of pyridine rings is 1. The molecule has 1 spiro atoms. The van der Waals surface area contributed by atoms with E-state index in [9.17, 15) is 4.39 Å². The van der Waals surface area contributed by atoms with Crippen LogP contribution >= 0.6 is 0 Å². The van der Waals surface area contributed by atoms with Gasteiger partial charge in [0, 0.05) is 25.7 Å². The lowest BCUT2D eigenvalue weighted by Gasteiger charge is -2.23. The predicted octanol–water partition coefficient (Wildman–Crippen LogP) is 2.97. The van der Waals surface area contributed by atoms with Crippen molar-refractivity contribution in [1.29, 1.82) is 0 Å². The molecule has 0 bridgehead atoms. The van der Waals surface area contributed by atoms with Crippen molar-refractivity contribution >= 4 is 5.82 Å². The molecular formula is C18H22FN3O2. The van der Waals surface area contributed by atoms with Crippen LogP contribution in [0.2, 0.25) is 0 Å². The quantitative estimate of drug-likeness (QED) is 0.933. The molecule has 1 N–H and O–H groups in total. The number of hydrogen-bond donors (Lipinski definition) is 1. The average molecular weight is 331 g/mol. The average Bonchev–Trinajstić information content (AvgIpc) is 3.25. The van der Waals surface area contributed by atoms with Crippen LogP contribution in [-0.4, -0.2) is 41.2 Å².